The van der Waals surface area contributed by atoms with E-state index in [0.29, 0.717) is 51.7 Å². The van der Waals surface area contributed by atoms with Crippen molar-refractivity contribution in [2.45, 2.75) is 91.4 Å². The van der Waals surface area contributed by atoms with E-state index in [1.54, 1.807) is 12.2 Å². The standard InChI is InChI=1S/C45H50N4O8/c1-8-10-11-12-19-57-43(54)30-13-16-31-38-21-34-26(5)29(15-18-41(52)53)36(47-34)22-35-28(14-17-40(50)51)25(4)33(46-35)20-32-24(3)27(9-2)37(48-32)23-39(49-38)45(31,6)42(30)44(55)56-7/h9,13,16,20-23,42,46,49H,2,8,10-12,14-15,17-19H2,1,3-7H3,(H,50,51)(H,52,53)/t42-,45+/m0/s1. The summed E-state index contributed by atoms with van der Waals surface area (Å²) in [7, 11) is 1.30. The number of aliphatic carboxylic acids is 2. The van der Waals surface area contributed by atoms with Crippen molar-refractivity contribution in [3.05, 3.63) is 99.9 Å². The summed E-state index contributed by atoms with van der Waals surface area (Å²) in [5.74, 6) is -4.14. The minimum atomic E-state index is -1.15. The molecule has 0 saturated carbocycles. The van der Waals surface area contributed by atoms with E-state index in [9.17, 15) is 29.4 Å². The van der Waals surface area contributed by atoms with E-state index in [2.05, 4.69) is 23.5 Å². The third-order valence-electron chi connectivity index (χ3n) is 11.5. The molecular weight excluding hydrogens is 725 g/mol. The summed E-state index contributed by atoms with van der Waals surface area (Å²) in [6.45, 7) is 14.1. The second kappa shape index (κ2) is 16.6. The highest BCUT2D eigenvalue weighted by Crippen LogP contribution is 2.53. The largest absolute Gasteiger partial charge is 0.481 e. The van der Waals surface area contributed by atoms with Gasteiger partial charge in [-0.05, 0) is 105 Å². The van der Waals surface area contributed by atoms with Crippen molar-refractivity contribution in [1.82, 2.24) is 19.9 Å². The number of aromatic nitrogens is 4. The van der Waals surface area contributed by atoms with Crippen LogP contribution in [-0.2, 0) is 40.5 Å². The minimum absolute atomic E-state index is 0.0827. The molecule has 8 bridgehead atoms. The van der Waals surface area contributed by atoms with Crippen molar-refractivity contribution in [3.63, 3.8) is 0 Å². The normalized spacial score (nSPS) is 18.0. The number of carbonyl (C=O) groups is 4. The van der Waals surface area contributed by atoms with Gasteiger partial charge in [0.05, 0.1) is 47.5 Å². The average molecular weight is 775 g/mol. The number of hydrogen-bond acceptors (Lipinski definition) is 8. The van der Waals surface area contributed by atoms with Crippen LogP contribution in [0.4, 0.5) is 0 Å². The van der Waals surface area contributed by atoms with E-state index in [1.165, 1.54) is 7.11 Å². The van der Waals surface area contributed by atoms with Gasteiger partial charge < -0.3 is 29.7 Å². The van der Waals surface area contributed by atoms with Crippen molar-refractivity contribution in [3.8, 4) is 0 Å². The average Bonchev–Trinajstić information content (AvgIpc) is 3.83. The Bertz CT molecular complexity index is 2390. The van der Waals surface area contributed by atoms with Crippen LogP contribution in [0.3, 0.4) is 0 Å². The number of nitrogens with one attached hydrogen (secondary N) is 2. The topological polar surface area (TPSA) is 185 Å². The van der Waals surface area contributed by atoms with Gasteiger partial charge in [0.2, 0.25) is 0 Å². The SMILES string of the molecule is C=CC1=C(C)c2cc3[nH]c(cc4nc(cc5[nH]c(cc1n2)[C@@]1(C)C5=CC=C(C(=O)OCCCCCC)[C@H]1C(=O)OC)C(C)=C4CCC(=O)O)c(CCC(=O)O)c3C. The second-order valence-corrected chi connectivity index (χ2v) is 15.0. The van der Waals surface area contributed by atoms with Gasteiger partial charge in [0.25, 0.3) is 0 Å². The first-order chi connectivity index (χ1) is 27.2. The highest BCUT2D eigenvalue weighted by molar-refractivity contribution is 6.02. The lowest BCUT2D eigenvalue weighted by Gasteiger charge is -2.37. The molecule has 5 heterocycles. The maximum atomic E-state index is 13.9. The predicted molar refractivity (Wildman–Crippen MR) is 219 cm³/mol. The molecule has 4 N–H and O–H groups in total. The van der Waals surface area contributed by atoms with Crippen LogP contribution in [0.5, 0.6) is 0 Å². The van der Waals surface area contributed by atoms with Crippen LogP contribution in [0, 0.1) is 12.8 Å². The van der Waals surface area contributed by atoms with E-state index in [0.717, 1.165) is 58.2 Å². The summed E-state index contributed by atoms with van der Waals surface area (Å²) in [5.41, 5.74) is 9.57. The minimum Gasteiger partial charge on any atom is -0.481 e. The first-order valence-corrected chi connectivity index (χ1v) is 19.4. The Morgan fingerprint density at radius 2 is 1.54 bits per heavy atom. The Morgan fingerprint density at radius 3 is 2.23 bits per heavy atom. The molecule has 57 heavy (non-hydrogen) atoms. The fourth-order valence-electron chi connectivity index (χ4n) is 8.26. The molecule has 2 atom stereocenters. The molecule has 2 aromatic rings. The highest BCUT2D eigenvalue weighted by Gasteiger charge is 2.53. The predicted octanol–water partition coefficient (Wildman–Crippen LogP) is 8.47. The number of unbranched alkanes of at least 4 members (excludes halogenated alkanes) is 3. The molecule has 0 radical (unpaired) electrons. The van der Waals surface area contributed by atoms with Crippen LogP contribution in [0.1, 0.15) is 118 Å². The number of methoxy groups -OCH3 is 1. The number of carboxylic acids is 2. The maximum Gasteiger partial charge on any atom is 0.334 e. The summed E-state index contributed by atoms with van der Waals surface area (Å²) < 4.78 is 11.1. The van der Waals surface area contributed by atoms with Crippen LogP contribution >= 0.6 is 0 Å². The first kappa shape index (κ1) is 40.6. The first-order valence-electron chi connectivity index (χ1n) is 19.4. The zero-order valence-corrected chi connectivity index (χ0v) is 33.4. The molecule has 6 rings (SSSR count). The Hall–Kier alpha value is -6.04. The highest BCUT2D eigenvalue weighted by atomic mass is 16.5. The summed E-state index contributed by atoms with van der Waals surface area (Å²) in [4.78, 5) is 68.4. The Morgan fingerprint density at radius 1 is 0.860 bits per heavy atom. The molecule has 1 aliphatic carbocycles. The van der Waals surface area contributed by atoms with Crippen LogP contribution in [-0.4, -0.2) is 67.7 Å². The lowest BCUT2D eigenvalue weighted by Crippen LogP contribution is -2.42. The Kier molecular flexibility index (Phi) is 11.8. The number of carbonyl (C=O) groups excluding carboxylic acids is 2. The zero-order chi connectivity index (χ0) is 41.2. The molecule has 3 aliphatic heterocycles. The third kappa shape index (κ3) is 7.73. The summed E-state index contributed by atoms with van der Waals surface area (Å²) >= 11 is 0. The van der Waals surface area contributed by atoms with Gasteiger partial charge in [0, 0.05) is 40.8 Å². The number of aryl methyl sites for hydroxylation is 2. The van der Waals surface area contributed by atoms with Gasteiger partial charge in [-0.3, -0.25) is 14.4 Å². The van der Waals surface area contributed by atoms with Crippen LogP contribution < -0.4 is 0 Å². The number of rotatable bonds is 14. The monoisotopic (exact) mass is 774 g/mol. The smallest absolute Gasteiger partial charge is 0.334 e. The molecule has 12 heteroatoms. The van der Waals surface area contributed by atoms with Gasteiger partial charge in [0.1, 0.15) is 5.92 Å². The van der Waals surface area contributed by atoms with Crippen molar-refractivity contribution in [2.24, 2.45) is 5.92 Å². The van der Waals surface area contributed by atoms with E-state index >= 15 is 0 Å². The van der Waals surface area contributed by atoms with Gasteiger partial charge in [-0.1, -0.05) is 51.0 Å². The van der Waals surface area contributed by atoms with Crippen molar-refractivity contribution in [2.75, 3.05) is 13.7 Å². The third-order valence-corrected chi connectivity index (χ3v) is 11.5. The molecule has 298 valence electrons. The number of carboxylic acid groups (broad SMARTS) is 2. The number of allylic oxidation sites excluding steroid dienone is 8. The maximum absolute atomic E-state index is 13.9. The number of aromatic amines is 2. The number of ether oxygens (including phenoxy) is 2. The molecular formula is C45H50N4O8. The second-order valence-electron chi connectivity index (χ2n) is 15.0. The Balaban J connectivity index is 1.67. The zero-order valence-electron chi connectivity index (χ0n) is 33.4. The van der Waals surface area contributed by atoms with Crippen LogP contribution in [0.25, 0.3) is 38.9 Å². The van der Waals surface area contributed by atoms with Crippen molar-refractivity contribution in [1.29, 1.82) is 0 Å². The summed E-state index contributed by atoms with van der Waals surface area (Å²) in [5, 5.41) is 19.3. The van der Waals surface area contributed by atoms with Gasteiger partial charge in [-0.15, -0.1) is 0 Å². The molecule has 0 fully saturated rings. The van der Waals surface area contributed by atoms with E-state index < -0.39 is 35.2 Å². The van der Waals surface area contributed by atoms with Crippen molar-refractivity contribution >= 4 is 62.8 Å². The number of esters is 2. The fraction of sp³-hybridized carbons (Fsp3) is 0.378. The number of fused-ring (bicyclic) bond motifs is 11. The van der Waals surface area contributed by atoms with E-state index in [4.69, 9.17) is 19.4 Å². The van der Waals surface area contributed by atoms with Gasteiger partial charge >= 0.3 is 23.9 Å². The number of nitrogens with zero attached hydrogens (tertiary/aromatic N) is 2. The van der Waals surface area contributed by atoms with Crippen LogP contribution in [0.15, 0.2) is 54.6 Å². The fourth-order valence-corrected chi connectivity index (χ4v) is 8.26. The van der Waals surface area contributed by atoms with Gasteiger partial charge in [0.15, 0.2) is 0 Å². The van der Waals surface area contributed by atoms with Gasteiger partial charge in [-0.25, -0.2) is 14.8 Å². The molecule has 0 saturated heterocycles. The lowest BCUT2D eigenvalue weighted by atomic mass is 9.64. The van der Waals surface area contributed by atoms with Crippen molar-refractivity contribution < 1.29 is 38.9 Å². The summed E-state index contributed by atoms with van der Waals surface area (Å²) in [6.07, 6.45) is 9.19. The quantitative estimate of drug-likeness (QED) is 0.107. The summed E-state index contributed by atoms with van der Waals surface area (Å²) in [6, 6.07) is 7.54. The lowest BCUT2D eigenvalue weighted by molar-refractivity contribution is -0.149. The molecule has 0 aromatic carbocycles. The molecule has 12 nitrogen and oxygen atoms in total. The van der Waals surface area contributed by atoms with E-state index in [1.807, 2.05) is 58.0 Å². The van der Waals surface area contributed by atoms with Gasteiger partial charge in [-0.2, -0.15) is 0 Å². The number of H-pyrrole nitrogens is 2. The Labute approximate surface area is 331 Å². The number of hydrogen-bond donors (Lipinski definition) is 4. The van der Waals surface area contributed by atoms with E-state index in [-0.39, 0.29) is 37.9 Å². The molecule has 0 unspecified atom stereocenters. The molecule has 0 spiro atoms. The molecule has 2 aromatic heterocycles. The van der Waals surface area contributed by atoms with Crippen LogP contribution in [0.2, 0.25) is 0 Å². The molecule has 4 aliphatic rings. The molecule has 0 amide bonds.